The van der Waals surface area contributed by atoms with Crippen LogP contribution in [0.2, 0.25) is 0 Å². The number of hydrogen-bond acceptors (Lipinski definition) is 3. The molecule has 20 heavy (non-hydrogen) atoms. The van der Waals surface area contributed by atoms with Gasteiger partial charge in [0.15, 0.2) is 0 Å². The Morgan fingerprint density at radius 1 is 1.10 bits per heavy atom. The predicted octanol–water partition coefficient (Wildman–Crippen LogP) is 2.80. The normalized spacial score (nSPS) is 31.5. The van der Waals surface area contributed by atoms with Crippen LogP contribution >= 0.6 is 0 Å². The van der Waals surface area contributed by atoms with Crippen molar-refractivity contribution in [2.75, 3.05) is 32.8 Å². The number of ether oxygens (including phenoxy) is 1. The molecule has 3 rings (SSSR count). The highest BCUT2D eigenvalue weighted by Gasteiger charge is 2.44. The van der Waals surface area contributed by atoms with Gasteiger partial charge in [0.2, 0.25) is 0 Å². The highest BCUT2D eigenvalue weighted by molar-refractivity contribution is 5.03. The van der Waals surface area contributed by atoms with Crippen LogP contribution in [0, 0.1) is 5.92 Å². The SMILES string of the molecule is CC1(C)CN(CC2CCOCC2)C2(CCCCC2)CN1. The molecule has 3 aliphatic rings. The van der Waals surface area contributed by atoms with Crippen molar-refractivity contribution in [1.82, 2.24) is 10.2 Å². The lowest BCUT2D eigenvalue weighted by atomic mass is 9.76. The van der Waals surface area contributed by atoms with E-state index in [4.69, 9.17) is 4.74 Å². The lowest BCUT2D eigenvalue weighted by molar-refractivity contribution is -0.0342. The highest BCUT2D eigenvalue weighted by Crippen LogP contribution is 2.38. The van der Waals surface area contributed by atoms with Gasteiger partial charge in [-0.05, 0) is 45.4 Å². The average Bonchev–Trinajstić information content (AvgIpc) is 2.46. The number of rotatable bonds is 2. The quantitative estimate of drug-likeness (QED) is 0.842. The zero-order valence-corrected chi connectivity index (χ0v) is 13.4. The van der Waals surface area contributed by atoms with E-state index in [1.54, 1.807) is 0 Å². The summed E-state index contributed by atoms with van der Waals surface area (Å²) in [6.45, 7) is 10.4. The van der Waals surface area contributed by atoms with Gasteiger partial charge in [-0.15, -0.1) is 0 Å². The Balaban J connectivity index is 1.70. The van der Waals surface area contributed by atoms with E-state index in [1.165, 1.54) is 64.6 Å². The molecule has 0 atom stereocenters. The van der Waals surface area contributed by atoms with Crippen LogP contribution in [-0.2, 0) is 4.74 Å². The molecule has 2 heterocycles. The third kappa shape index (κ3) is 3.20. The van der Waals surface area contributed by atoms with Crippen molar-refractivity contribution < 1.29 is 4.74 Å². The summed E-state index contributed by atoms with van der Waals surface area (Å²) in [5.74, 6) is 0.858. The average molecular weight is 280 g/mol. The Labute approximate surface area is 124 Å². The molecule has 3 heteroatoms. The third-order valence-corrected chi connectivity index (χ3v) is 5.76. The van der Waals surface area contributed by atoms with Crippen LogP contribution in [-0.4, -0.2) is 48.8 Å². The van der Waals surface area contributed by atoms with Crippen LogP contribution in [0.5, 0.6) is 0 Å². The van der Waals surface area contributed by atoms with Gasteiger partial charge in [-0.3, -0.25) is 4.90 Å². The van der Waals surface area contributed by atoms with Gasteiger partial charge < -0.3 is 10.1 Å². The molecule has 0 aromatic heterocycles. The second-order valence-corrected chi connectivity index (χ2v) is 7.96. The van der Waals surface area contributed by atoms with Crippen LogP contribution in [0.25, 0.3) is 0 Å². The van der Waals surface area contributed by atoms with Crippen molar-refractivity contribution in [1.29, 1.82) is 0 Å². The van der Waals surface area contributed by atoms with Crippen LogP contribution in [0.4, 0.5) is 0 Å². The van der Waals surface area contributed by atoms with Gasteiger partial charge in [-0.25, -0.2) is 0 Å². The van der Waals surface area contributed by atoms with E-state index in [-0.39, 0.29) is 5.54 Å². The monoisotopic (exact) mass is 280 g/mol. The first-order valence-corrected chi connectivity index (χ1v) is 8.68. The van der Waals surface area contributed by atoms with Crippen molar-refractivity contribution in [3.8, 4) is 0 Å². The Bertz CT molecular complexity index is 317. The van der Waals surface area contributed by atoms with Gasteiger partial charge >= 0.3 is 0 Å². The fraction of sp³-hybridized carbons (Fsp3) is 1.00. The molecule has 3 fully saturated rings. The Kier molecular flexibility index (Phi) is 4.40. The standard InChI is InChI=1S/C17H32N2O/c1-16(2)14-19(12-15-6-10-20-11-7-15)17(13-18-16)8-4-3-5-9-17/h15,18H,3-14H2,1-2H3. The van der Waals surface area contributed by atoms with E-state index in [0.29, 0.717) is 5.54 Å². The van der Waals surface area contributed by atoms with E-state index in [1.807, 2.05) is 0 Å². The topological polar surface area (TPSA) is 24.5 Å². The summed E-state index contributed by atoms with van der Waals surface area (Å²) in [4.78, 5) is 2.87. The van der Waals surface area contributed by atoms with E-state index in [9.17, 15) is 0 Å². The zero-order chi connectivity index (χ0) is 14.1. The molecule has 3 nitrogen and oxygen atoms in total. The molecule has 1 saturated carbocycles. The lowest BCUT2D eigenvalue weighted by Gasteiger charge is -2.55. The number of nitrogens with zero attached hydrogens (tertiary/aromatic N) is 1. The smallest absolute Gasteiger partial charge is 0.0469 e. The molecule has 0 bridgehead atoms. The molecular weight excluding hydrogens is 248 g/mol. The molecule has 0 amide bonds. The minimum Gasteiger partial charge on any atom is -0.381 e. The fourth-order valence-electron chi connectivity index (χ4n) is 4.42. The van der Waals surface area contributed by atoms with Gasteiger partial charge in [0.1, 0.15) is 0 Å². The highest BCUT2D eigenvalue weighted by atomic mass is 16.5. The van der Waals surface area contributed by atoms with Crippen molar-refractivity contribution in [2.24, 2.45) is 5.92 Å². The van der Waals surface area contributed by atoms with Gasteiger partial charge in [-0.2, -0.15) is 0 Å². The maximum absolute atomic E-state index is 5.54. The predicted molar refractivity (Wildman–Crippen MR) is 83.0 cm³/mol. The Hall–Kier alpha value is -0.120. The summed E-state index contributed by atoms with van der Waals surface area (Å²) < 4.78 is 5.54. The number of hydrogen-bond donors (Lipinski definition) is 1. The Morgan fingerprint density at radius 2 is 1.80 bits per heavy atom. The summed E-state index contributed by atoms with van der Waals surface area (Å²) in [5.41, 5.74) is 0.736. The van der Waals surface area contributed by atoms with Crippen molar-refractivity contribution >= 4 is 0 Å². The Morgan fingerprint density at radius 3 is 2.50 bits per heavy atom. The molecule has 0 aromatic carbocycles. The largest absolute Gasteiger partial charge is 0.381 e. The minimum atomic E-state index is 0.272. The van der Waals surface area contributed by atoms with Crippen LogP contribution < -0.4 is 5.32 Å². The summed E-state index contributed by atoms with van der Waals surface area (Å²) in [7, 11) is 0. The molecule has 0 radical (unpaired) electrons. The first kappa shape index (κ1) is 14.8. The summed E-state index contributed by atoms with van der Waals surface area (Å²) in [5, 5.41) is 3.82. The first-order chi connectivity index (χ1) is 9.60. The van der Waals surface area contributed by atoms with Crippen LogP contribution in [0.3, 0.4) is 0 Å². The first-order valence-electron chi connectivity index (χ1n) is 8.68. The minimum absolute atomic E-state index is 0.272. The van der Waals surface area contributed by atoms with Crippen molar-refractivity contribution in [2.45, 2.75) is 69.9 Å². The molecular formula is C17H32N2O. The van der Waals surface area contributed by atoms with Crippen LogP contribution in [0.15, 0.2) is 0 Å². The fourth-order valence-corrected chi connectivity index (χ4v) is 4.42. The molecule has 116 valence electrons. The summed E-state index contributed by atoms with van der Waals surface area (Å²) in [6.07, 6.45) is 9.62. The second-order valence-electron chi connectivity index (χ2n) is 7.96. The molecule has 1 spiro atoms. The van der Waals surface area contributed by atoms with E-state index in [2.05, 4.69) is 24.1 Å². The van der Waals surface area contributed by atoms with E-state index < -0.39 is 0 Å². The molecule has 1 N–H and O–H groups in total. The van der Waals surface area contributed by atoms with Crippen molar-refractivity contribution in [3.63, 3.8) is 0 Å². The van der Waals surface area contributed by atoms with Crippen molar-refractivity contribution in [3.05, 3.63) is 0 Å². The maximum Gasteiger partial charge on any atom is 0.0469 e. The maximum atomic E-state index is 5.54. The molecule has 0 unspecified atom stereocenters. The third-order valence-electron chi connectivity index (χ3n) is 5.76. The number of piperazine rings is 1. The van der Waals surface area contributed by atoms with Gasteiger partial charge in [0.05, 0.1) is 0 Å². The molecule has 0 aromatic rings. The van der Waals surface area contributed by atoms with E-state index >= 15 is 0 Å². The van der Waals surface area contributed by atoms with Gasteiger partial charge in [0.25, 0.3) is 0 Å². The van der Waals surface area contributed by atoms with Gasteiger partial charge in [-0.1, -0.05) is 19.3 Å². The lowest BCUT2D eigenvalue weighted by Crippen LogP contribution is -2.69. The molecule has 1 aliphatic carbocycles. The summed E-state index contributed by atoms with van der Waals surface area (Å²) >= 11 is 0. The zero-order valence-electron chi connectivity index (χ0n) is 13.4. The molecule has 2 aliphatic heterocycles. The second kappa shape index (κ2) is 5.94. The van der Waals surface area contributed by atoms with Crippen LogP contribution in [0.1, 0.15) is 58.8 Å². The van der Waals surface area contributed by atoms with E-state index in [0.717, 1.165) is 19.1 Å². The molecule has 2 saturated heterocycles. The number of nitrogens with one attached hydrogen (secondary N) is 1. The van der Waals surface area contributed by atoms with Gasteiger partial charge in [0, 0.05) is 43.9 Å². The summed E-state index contributed by atoms with van der Waals surface area (Å²) in [6, 6.07) is 0.